The molecule has 5 N–H and O–H groups in total. The number of anilines is 3. The van der Waals surface area contributed by atoms with Crippen molar-refractivity contribution in [1.29, 1.82) is 0 Å². The number of fused-ring (bicyclic) bond motifs is 2. The van der Waals surface area contributed by atoms with E-state index in [9.17, 15) is 28.4 Å². The van der Waals surface area contributed by atoms with Crippen molar-refractivity contribution in [2.75, 3.05) is 24.2 Å². The smallest absolute Gasteiger partial charge is 0.329 e. The lowest BCUT2D eigenvalue weighted by molar-refractivity contribution is -0.135. The third kappa shape index (κ3) is 7.34. The number of amides is 4. The second kappa shape index (κ2) is 14.9. The highest BCUT2D eigenvalue weighted by molar-refractivity contribution is 6.00. The van der Waals surface area contributed by atoms with Crippen molar-refractivity contribution in [2.45, 2.75) is 69.6 Å². The fourth-order valence-corrected chi connectivity index (χ4v) is 6.86. The molecule has 1 aliphatic carbocycles. The molecule has 2 aromatic carbocycles. The fourth-order valence-electron chi connectivity index (χ4n) is 6.86. The van der Waals surface area contributed by atoms with E-state index in [1.807, 2.05) is 18.2 Å². The molecular weight excluding hydrogens is 683 g/mol. The zero-order valence-electron chi connectivity index (χ0n) is 29.4. The van der Waals surface area contributed by atoms with E-state index in [1.54, 1.807) is 49.0 Å². The molecule has 0 radical (unpaired) electrons. The number of aryl methyl sites for hydroxylation is 2. The zero-order valence-corrected chi connectivity index (χ0v) is 29.4. The van der Waals surface area contributed by atoms with Crippen molar-refractivity contribution < 1.29 is 23.6 Å². The highest BCUT2D eigenvalue weighted by atomic mass is 19.1. The van der Waals surface area contributed by atoms with E-state index in [0.29, 0.717) is 53.3 Å². The first-order valence-electron chi connectivity index (χ1n) is 17.8. The summed E-state index contributed by atoms with van der Waals surface area (Å²) in [6, 6.07) is 13.3. The summed E-state index contributed by atoms with van der Waals surface area (Å²) in [5, 5.41) is 18.8. The summed E-state index contributed by atoms with van der Waals surface area (Å²) in [6.07, 6.45) is 5.41. The molecule has 53 heavy (non-hydrogen) atoms. The van der Waals surface area contributed by atoms with Crippen LogP contribution < -0.4 is 32.3 Å². The Hall–Kier alpha value is -6.06. The number of imide groups is 1. The molecule has 5 aromatic rings. The predicted octanol–water partition coefficient (Wildman–Crippen LogP) is 3.52. The van der Waals surface area contributed by atoms with E-state index in [2.05, 4.69) is 36.7 Å². The van der Waals surface area contributed by atoms with E-state index < -0.39 is 30.1 Å². The first-order valence-corrected chi connectivity index (χ1v) is 17.8. The molecule has 1 saturated carbocycles. The standard InChI is InChI=1S/C37H41FN10O5/c1-39-26-19-30(45-48-29(20-41-33(26)48)36(52)43-25-18-24(25)38)42-23-12-7-11-22(17-23)34(50)40-16-6-4-3-5-9-21-10-8-13-27-32(21)46(2)37(53)47(27)28-14-15-31(49)44-35(28)51/h7-8,10-13,17,19-20,24-25,28,39H,3-6,9,14-16,18H2,1-2H3,(H,40,50)(H,42,45)(H,43,52)(H,44,49,51)/t24-,25+,28?/m0/s1. The van der Waals surface area contributed by atoms with Crippen LogP contribution in [0.5, 0.6) is 0 Å². The first-order chi connectivity index (χ1) is 25.6. The maximum atomic E-state index is 13.4. The van der Waals surface area contributed by atoms with Gasteiger partial charge in [0.2, 0.25) is 11.8 Å². The van der Waals surface area contributed by atoms with Crippen LogP contribution in [0.2, 0.25) is 0 Å². The summed E-state index contributed by atoms with van der Waals surface area (Å²) in [5.74, 6) is -1.03. The van der Waals surface area contributed by atoms with Gasteiger partial charge in [0.15, 0.2) is 17.2 Å². The molecule has 4 amide bonds. The topological polar surface area (TPSA) is 186 Å². The van der Waals surface area contributed by atoms with Crippen LogP contribution in [-0.2, 0) is 23.1 Å². The monoisotopic (exact) mass is 724 g/mol. The molecule has 15 nitrogen and oxygen atoms in total. The summed E-state index contributed by atoms with van der Waals surface area (Å²) in [5.41, 5.74) is 4.56. The fraction of sp³-hybridized carbons (Fsp3) is 0.378. The van der Waals surface area contributed by atoms with Gasteiger partial charge in [-0.05, 0) is 55.5 Å². The lowest BCUT2D eigenvalue weighted by Gasteiger charge is -2.21. The molecule has 3 atom stereocenters. The molecule has 1 saturated heterocycles. The van der Waals surface area contributed by atoms with Crippen LogP contribution in [0.15, 0.2) is 59.5 Å². The number of carbonyl (C=O) groups is 4. The summed E-state index contributed by atoms with van der Waals surface area (Å²) < 4.78 is 17.9. The van der Waals surface area contributed by atoms with Gasteiger partial charge in [0.1, 0.15) is 12.2 Å². The second-order valence-electron chi connectivity index (χ2n) is 13.5. The Morgan fingerprint density at radius 1 is 1.02 bits per heavy atom. The minimum Gasteiger partial charge on any atom is -0.385 e. The summed E-state index contributed by atoms with van der Waals surface area (Å²) in [4.78, 5) is 67.5. The van der Waals surface area contributed by atoms with Gasteiger partial charge < -0.3 is 21.3 Å². The van der Waals surface area contributed by atoms with Gasteiger partial charge in [0.25, 0.3) is 11.8 Å². The number of nitrogens with zero attached hydrogens (tertiary/aromatic N) is 5. The summed E-state index contributed by atoms with van der Waals surface area (Å²) in [6.45, 7) is 0.509. The number of rotatable bonds is 14. The van der Waals surface area contributed by atoms with Crippen molar-refractivity contribution in [2.24, 2.45) is 7.05 Å². The molecule has 16 heteroatoms. The van der Waals surface area contributed by atoms with Crippen LogP contribution in [0.25, 0.3) is 16.7 Å². The molecule has 3 aromatic heterocycles. The third-order valence-corrected chi connectivity index (χ3v) is 9.76. The van der Waals surface area contributed by atoms with Crippen molar-refractivity contribution in [3.05, 3.63) is 82.0 Å². The number of hydrogen-bond donors (Lipinski definition) is 5. The lowest BCUT2D eigenvalue weighted by atomic mass is 10.0. The number of halogens is 1. The number of benzene rings is 2. The van der Waals surface area contributed by atoms with Crippen molar-refractivity contribution >= 4 is 57.5 Å². The second-order valence-corrected chi connectivity index (χ2v) is 13.5. The molecule has 276 valence electrons. The van der Waals surface area contributed by atoms with Crippen molar-refractivity contribution in [3.63, 3.8) is 0 Å². The van der Waals surface area contributed by atoms with Crippen LogP contribution in [0.3, 0.4) is 0 Å². The van der Waals surface area contributed by atoms with Crippen LogP contribution in [0.1, 0.15) is 77.4 Å². The van der Waals surface area contributed by atoms with E-state index in [-0.39, 0.29) is 29.6 Å². The molecular formula is C37H41FN10O5. The Kier molecular flexibility index (Phi) is 9.93. The molecule has 2 fully saturated rings. The van der Waals surface area contributed by atoms with Gasteiger partial charge in [-0.3, -0.25) is 33.6 Å². The van der Waals surface area contributed by atoms with E-state index in [0.717, 1.165) is 43.2 Å². The van der Waals surface area contributed by atoms with Gasteiger partial charge in [-0.1, -0.05) is 31.0 Å². The average molecular weight is 725 g/mol. The Labute approximate surface area is 303 Å². The average Bonchev–Trinajstić information content (AvgIpc) is 3.55. The largest absolute Gasteiger partial charge is 0.385 e. The van der Waals surface area contributed by atoms with Crippen LogP contribution in [0.4, 0.5) is 21.6 Å². The minimum atomic E-state index is -1.03. The molecule has 1 aliphatic heterocycles. The SMILES string of the molecule is CNc1cc(Nc2cccc(C(=O)NCCCCCCc3cccc4c3n(C)c(=O)n4C3CCC(=O)NC3=O)c2)nn2c(C(=O)N[C@@H]3C[C@@H]3F)cnc12. The number of aromatic nitrogens is 5. The van der Waals surface area contributed by atoms with Gasteiger partial charge in [0.05, 0.1) is 29.0 Å². The highest BCUT2D eigenvalue weighted by Crippen LogP contribution is 2.28. The molecule has 1 unspecified atom stereocenters. The number of carbonyl (C=O) groups excluding carboxylic acids is 4. The molecule has 7 rings (SSSR count). The van der Waals surface area contributed by atoms with Crippen molar-refractivity contribution in [3.8, 4) is 0 Å². The number of nitrogens with one attached hydrogen (secondary N) is 5. The zero-order chi connectivity index (χ0) is 37.2. The Balaban J connectivity index is 0.908. The number of para-hydroxylation sites is 1. The van der Waals surface area contributed by atoms with Crippen LogP contribution >= 0.6 is 0 Å². The summed E-state index contributed by atoms with van der Waals surface area (Å²) >= 11 is 0. The Morgan fingerprint density at radius 2 is 1.81 bits per heavy atom. The Morgan fingerprint density at radius 3 is 2.58 bits per heavy atom. The van der Waals surface area contributed by atoms with Gasteiger partial charge >= 0.3 is 5.69 Å². The van der Waals surface area contributed by atoms with Gasteiger partial charge in [-0.25, -0.2) is 18.7 Å². The van der Waals surface area contributed by atoms with Gasteiger partial charge in [0, 0.05) is 50.8 Å². The van der Waals surface area contributed by atoms with E-state index in [4.69, 9.17) is 0 Å². The number of alkyl halides is 1. The number of unbranched alkanes of at least 4 members (excludes halogenated alkanes) is 3. The molecule has 2 aliphatic rings. The van der Waals surface area contributed by atoms with E-state index >= 15 is 0 Å². The molecule has 0 bridgehead atoms. The van der Waals surface area contributed by atoms with Crippen molar-refractivity contribution in [1.82, 2.24) is 39.7 Å². The maximum Gasteiger partial charge on any atom is 0.329 e. The highest BCUT2D eigenvalue weighted by Gasteiger charge is 2.39. The third-order valence-electron chi connectivity index (χ3n) is 9.76. The Bertz CT molecular complexity index is 2290. The molecule has 4 heterocycles. The van der Waals surface area contributed by atoms with Gasteiger partial charge in [-0.2, -0.15) is 0 Å². The van der Waals surface area contributed by atoms with Crippen LogP contribution in [-0.4, -0.2) is 73.2 Å². The predicted molar refractivity (Wildman–Crippen MR) is 196 cm³/mol. The minimum absolute atomic E-state index is 0.179. The van der Waals surface area contributed by atoms with Gasteiger partial charge in [-0.15, -0.1) is 5.10 Å². The quantitative estimate of drug-likeness (QED) is 0.0845. The first kappa shape index (κ1) is 35.3. The maximum absolute atomic E-state index is 13.4. The lowest BCUT2D eigenvalue weighted by Crippen LogP contribution is -2.44. The normalized spacial score (nSPS) is 18.2. The van der Waals surface area contributed by atoms with E-state index in [1.165, 1.54) is 15.3 Å². The van der Waals surface area contributed by atoms with Crippen LogP contribution in [0, 0.1) is 0 Å². The number of piperidine rings is 1. The number of hydrogen-bond acceptors (Lipinski definition) is 9. The number of imidazole rings is 2. The summed E-state index contributed by atoms with van der Waals surface area (Å²) in [7, 11) is 3.44. The molecule has 0 spiro atoms.